The van der Waals surface area contributed by atoms with Gasteiger partial charge in [0.05, 0.1) is 12.8 Å². The number of rotatable bonds is 7. The highest BCUT2D eigenvalue weighted by Crippen LogP contribution is 2.14. The Bertz CT molecular complexity index is 593. The molecular formula is C16H21N3O2. The largest absolute Gasteiger partial charge is 0.494 e. The lowest BCUT2D eigenvalue weighted by Crippen LogP contribution is -2.14. The second-order valence-electron chi connectivity index (χ2n) is 4.94. The second-order valence-corrected chi connectivity index (χ2v) is 4.94. The summed E-state index contributed by atoms with van der Waals surface area (Å²) in [5.74, 6) is 1.51. The van der Waals surface area contributed by atoms with Crippen molar-refractivity contribution in [2.75, 3.05) is 11.9 Å². The van der Waals surface area contributed by atoms with E-state index in [-0.39, 0.29) is 5.91 Å². The number of carbonyl (C=O) groups excluding carboxylic acids is 1. The Morgan fingerprint density at radius 3 is 3.05 bits per heavy atom. The van der Waals surface area contributed by atoms with E-state index in [4.69, 9.17) is 4.74 Å². The lowest BCUT2D eigenvalue weighted by Gasteiger charge is -2.07. The van der Waals surface area contributed by atoms with Gasteiger partial charge in [-0.25, -0.2) is 0 Å². The third-order valence-electron chi connectivity index (χ3n) is 3.17. The zero-order valence-electron chi connectivity index (χ0n) is 12.5. The topological polar surface area (TPSA) is 67.0 Å². The Balaban J connectivity index is 1.70. The first-order valence-electron chi connectivity index (χ1n) is 7.20. The summed E-state index contributed by atoms with van der Waals surface area (Å²) in [6.45, 7) is 4.58. The van der Waals surface area contributed by atoms with Gasteiger partial charge in [-0.2, -0.15) is 5.10 Å². The number of aromatic amines is 1. The Kier molecular flexibility index (Phi) is 5.37. The molecule has 1 aromatic carbocycles. The third kappa shape index (κ3) is 4.63. The van der Waals surface area contributed by atoms with Crippen molar-refractivity contribution in [3.05, 3.63) is 41.6 Å². The van der Waals surface area contributed by atoms with E-state index >= 15 is 0 Å². The molecule has 1 heterocycles. The summed E-state index contributed by atoms with van der Waals surface area (Å²) in [6.07, 6.45) is 3.67. The molecule has 5 heteroatoms. The molecule has 2 N–H and O–H groups in total. The van der Waals surface area contributed by atoms with Crippen LogP contribution in [0.4, 0.5) is 5.82 Å². The predicted octanol–water partition coefficient (Wildman–Crippen LogP) is 3.08. The van der Waals surface area contributed by atoms with Crippen molar-refractivity contribution in [3.8, 4) is 5.75 Å². The van der Waals surface area contributed by atoms with E-state index < -0.39 is 0 Å². The molecule has 0 aliphatic rings. The van der Waals surface area contributed by atoms with E-state index in [2.05, 4.69) is 15.5 Å². The van der Waals surface area contributed by atoms with E-state index in [1.54, 1.807) is 6.20 Å². The Hall–Kier alpha value is -2.30. The zero-order chi connectivity index (χ0) is 15.1. The average Bonchev–Trinajstić information content (AvgIpc) is 2.91. The molecule has 5 nitrogen and oxygen atoms in total. The monoisotopic (exact) mass is 287 g/mol. The fourth-order valence-corrected chi connectivity index (χ4v) is 2.02. The molecule has 0 saturated carbocycles. The van der Waals surface area contributed by atoms with Crippen LogP contribution in [0.25, 0.3) is 0 Å². The van der Waals surface area contributed by atoms with Gasteiger partial charge in [0.2, 0.25) is 5.91 Å². The molecule has 1 aromatic heterocycles. The van der Waals surface area contributed by atoms with Crippen molar-refractivity contribution in [2.24, 2.45) is 0 Å². The van der Waals surface area contributed by atoms with E-state index in [0.717, 1.165) is 23.3 Å². The molecule has 2 aromatic rings. The van der Waals surface area contributed by atoms with E-state index in [1.165, 1.54) is 0 Å². The Morgan fingerprint density at radius 1 is 1.43 bits per heavy atom. The third-order valence-corrected chi connectivity index (χ3v) is 3.17. The summed E-state index contributed by atoms with van der Waals surface area (Å²) in [5.41, 5.74) is 2.18. The SMILES string of the molecule is CCc1cn[nH]c1NC(=O)CCCOc1cccc(C)c1. The summed E-state index contributed by atoms with van der Waals surface area (Å²) < 4.78 is 5.62. The number of hydrogen-bond acceptors (Lipinski definition) is 3. The number of nitrogens with zero attached hydrogens (tertiary/aromatic N) is 1. The first-order valence-corrected chi connectivity index (χ1v) is 7.20. The fourth-order valence-electron chi connectivity index (χ4n) is 2.02. The van der Waals surface area contributed by atoms with Crippen LogP contribution in [0.5, 0.6) is 5.75 Å². The Labute approximate surface area is 124 Å². The highest BCUT2D eigenvalue weighted by molar-refractivity contribution is 5.90. The highest BCUT2D eigenvalue weighted by atomic mass is 16.5. The number of benzene rings is 1. The van der Waals surface area contributed by atoms with Crippen molar-refractivity contribution in [1.82, 2.24) is 10.2 Å². The van der Waals surface area contributed by atoms with E-state index in [1.807, 2.05) is 38.1 Å². The van der Waals surface area contributed by atoms with Crippen molar-refractivity contribution >= 4 is 11.7 Å². The standard InChI is InChI=1S/C16H21N3O2/c1-3-13-11-17-19-16(13)18-15(20)8-5-9-21-14-7-4-6-12(2)10-14/h4,6-7,10-11H,3,5,8-9H2,1-2H3,(H2,17,18,19,20). The minimum atomic E-state index is -0.0261. The van der Waals surface area contributed by atoms with Crippen molar-refractivity contribution in [3.63, 3.8) is 0 Å². The van der Waals surface area contributed by atoms with E-state index in [9.17, 15) is 4.79 Å². The summed E-state index contributed by atoms with van der Waals surface area (Å²) in [7, 11) is 0. The van der Waals surface area contributed by atoms with Crippen LogP contribution in [0.1, 0.15) is 30.9 Å². The lowest BCUT2D eigenvalue weighted by molar-refractivity contribution is -0.116. The molecule has 0 saturated heterocycles. The van der Waals surface area contributed by atoms with Crippen molar-refractivity contribution in [1.29, 1.82) is 0 Å². The first kappa shape index (κ1) is 15.1. The quantitative estimate of drug-likeness (QED) is 0.769. The maximum atomic E-state index is 11.8. The van der Waals surface area contributed by atoms with Crippen LogP contribution in [0, 0.1) is 6.92 Å². The number of anilines is 1. The van der Waals surface area contributed by atoms with Crippen LogP contribution >= 0.6 is 0 Å². The molecule has 21 heavy (non-hydrogen) atoms. The van der Waals surface area contributed by atoms with Crippen LogP contribution in [-0.2, 0) is 11.2 Å². The van der Waals surface area contributed by atoms with Gasteiger partial charge in [0.15, 0.2) is 0 Å². The maximum absolute atomic E-state index is 11.8. The van der Waals surface area contributed by atoms with Gasteiger partial charge in [-0.3, -0.25) is 9.89 Å². The number of carbonyl (C=O) groups is 1. The van der Waals surface area contributed by atoms with Crippen LogP contribution in [0.3, 0.4) is 0 Å². The number of nitrogens with one attached hydrogen (secondary N) is 2. The number of aryl methyl sites for hydroxylation is 2. The Morgan fingerprint density at radius 2 is 2.29 bits per heavy atom. The minimum absolute atomic E-state index is 0.0261. The molecule has 1 amide bonds. The number of aromatic nitrogens is 2. The smallest absolute Gasteiger partial charge is 0.225 e. The molecule has 0 atom stereocenters. The number of ether oxygens (including phenoxy) is 1. The molecule has 0 unspecified atom stereocenters. The molecule has 0 aliphatic heterocycles. The molecule has 0 bridgehead atoms. The molecule has 0 aliphatic carbocycles. The van der Waals surface area contributed by atoms with Gasteiger partial charge < -0.3 is 10.1 Å². The lowest BCUT2D eigenvalue weighted by atomic mass is 10.2. The van der Waals surface area contributed by atoms with Gasteiger partial charge in [0, 0.05) is 12.0 Å². The molecular weight excluding hydrogens is 266 g/mol. The summed E-state index contributed by atoms with van der Waals surface area (Å²) in [6, 6.07) is 7.89. The first-order chi connectivity index (χ1) is 10.2. The number of amides is 1. The maximum Gasteiger partial charge on any atom is 0.225 e. The second kappa shape index (κ2) is 7.47. The molecule has 112 valence electrons. The van der Waals surface area contributed by atoms with Crippen LogP contribution in [0.2, 0.25) is 0 Å². The van der Waals surface area contributed by atoms with Gasteiger partial charge in [0.25, 0.3) is 0 Å². The predicted molar refractivity (Wildman–Crippen MR) is 82.5 cm³/mol. The van der Waals surface area contributed by atoms with Crippen molar-refractivity contribution in [2.45, 2.75) is 33.1 Å². The van der Waals surface area contributed by atoms with Crippen LogP contribution < -0.4 is 10.1 Å². The molecule has 0 fully saturated rings. The summed E-state index contributed by atoms with van der Waals surface area (Å²) >= 11 is 0. The molecule has 2 rings (SSSR count). The molecule has 0 radical (unpaired) electrons. The summed E-state index contributed by atoms with van der Waals surface area (Å²) in [5, 5.41) is 9.56. The normalized spacial score (nSPS) is 10.4. The van der Waals surface area contributed by atoms with Crippen molar-refractivity contribution < 1.29 is 9.53 Å². The van der Waals surface area contributed by atoms with Gasteiger partial charge in [0.1, 0.15) is 11.6 Å². The van der Waals surface area contributed by atoms with Crippen LogP contribution in [-0.4, -0.2) is 22.7 Å². The molecule has 0 spiro atoms. The van der Waals surface area contributed by atoms with Gasteiger partial charge in [-0.1, -0.05) is 19.1 Å². The van der Waals surface area contributed by atoms with Gasteiger partial charge in [-0.15, -0.1) is 0 Å². The zero-order valence-corrected chi connectivity index (χ0v) is 12.5. The van der Waals surface area contributed by atoms with E-state index in [0.29, 0.717) is 25.3 Å². The number of H-pyrrole nitrogens is 1. The fraction of sp³-hybridized carbons (Fsp3) is 0.375. The highest BCUT2D eigenvalue weighted by Gasteiger charge is 2.07. The van der Waals surface area contributed by atoms with Crippen LogP contribution in [0.15, 0.2) is 30.5 Å². The minimum Gasteiger partial charge on any atom is -0.494 e. The van der Waals surface area contributed by atoms with Gasteiger partial charge >= 0.3 is 0 Å². The van der Waals surface area contributed by atoms with Gasteiger partial charge in [-0.05, 0) is 37.5 Å². The number of hydrogen-bond donors (Lipinski definition) is 2. The average molecular weight is 287 g/mol. The summed E-state index contributed by atoms with van der Waals surface area (Å²) in [4.78, 5) is 11.8.